The van der Waals surface area contributed by atoms with Crippen LogP contribution in [0.4, 0.5) is 14.5 Å². The van der Waals surface area contributed by atoms with Crippen LogP contribution in [0.2, 0.25) is 0 Å². The molecule has 0 spiro atoms. The molecular weight excluding hydrogens is 368 g/mol. The highest BCUT2D eigenvalue weighted by Crippen LogP contribution is 2.26. The molecule has 0 radical (unpaired) electrons. The smallest absolute Gasteiger partial charge is 0.237 e. The van der Waals surface area contributed by atoms with Crippen LogP contribution >= 0.6 is 11.8 Å². The summed E-state index contributed by atoms with van der Waals surface area (Å²) in [5, 5.41) is 2.62. The van der Waals surface area contributed by atoms with E-state index in [9.17, 15) is 13.6 Å². The third-order valence-electron chi connectivity index (χ3n) is 3.93. The number of aryl methyl sites for hydroxylation is 2. The Morgan fingerprint density at radius 1 is 1.15 bits per heavy atom. The van der Waals surface area contributed by atoms with Gasteiger partial charge in [-0.2, -0.15) is 0 Å². The number of hydrogen-bond donors (Lipinski definition) is 1. The second-order valence-corrected chi connectivity index (χ2v) is 7.61. The molecule has 1 amide bonds. The van der Waals surface area contributed by atoms with Gasteiger partial charge in [0.15, 0.2) is 5.16 Å². The number of benzene rings is 2. The van der Waals surface area contributed by atoms with Gasteiger partial charge in [0.1, 0.15) is 11.6 Å². The monoisotopic (exact) mass is 387 g/mol. The minimum atomic E-state index is -0.808. The van der Waals surface area contributed by atoms with E-state index in [4.69, 9.17) is 0 Å². The number of anilines is 1. The van der Waals surface area contributed by atoms with Crippen molar-refractivity contribution in [2.24, 2.45) is 0 Å². The third-order valence-corrected chi connectivity index (χ3v) is 5.01. The summed E-state index contributed by atoms with van der Waals surface area (Å²) in [6.07, 6.45) is 3.51. The number of nitrogens with one attached hydrogen (secondary N) is 1. The lowest BCUT2D eigenvalue weighted by atomic mass is 10.1. The average Bonchev–Trinajstić information content (AvgIpc) is 3.04. The Hall–Kier alpha value is -2.67. The van der Waals surface area contributed by atoms with E-state index in [1.165, 1.54) is 17.8 Å². The van der Waals surface area contributed by atoms with Gasteiger partial charge in [-0.05, 0) is 56.2 Å². The van der Waals surface area contributed by atoms with Gasteiger partial charge in [-0.15, -0.1) is 0 Å². The van der Waals surface area contributed by atoms with Crippen LogP contribution in [0.5, 0.6) is 0 Å². The molecular formula is C20H19F2N3OS. The molecule has 0 saturated carbocycles. The number of imidazole rings is 1. The fraction of sp³-hybridized carbons (Fsp3) is 0.200. The molecule has 1 aromatic heterocycles. The highest BCUT2D eigenvalue weighted by atomic mass is 32.2. The molecule has 0 bridgehead atoms. The topological polar surface area (TPSA) is 46.9 Å². The first-order valence-electron chi connectivity index (χ1n) is 8.38. The zero-order valence-electron chi connectivity index (χ0n) is 15.2. The van der Waals surface area contributed by atoms with Crippen molar-refractivity contribution < 1.29 is 13.6 Å². The summed E-state index contributed by atoms with van der Waals surface area (Å²) in [6.45, 7) is 5.75. The zero-order valence-corrected chi connectivity index (χ0v) is 16.0. The van der Waals surface area contributed by atoms with Crippen molar-refractivity contribution >= 4 is 23.4 Å². The molecule has 140 valence electrons. The number of carbonyl (C=O) groups is 1. The van der Waals surface area contributed by atoms with Crippen molar-refractivity contribution in [1.82, 2.24) is 9.55 Å². The highest BCUT2D eigenvalue weighted by molar-refractivity contribution is 8.00. The van der Waals surface area contributed by atoms with Crippen molar-refractivity contribution in [1.29, 1.82) is 0 Å². The highest BCUT2D eigenvalue weighted by Gasteiger charge is 2.19. The van der Waals surface area contributed by atoms with E-state index < -0.39 is 16.9 Å². The lowest BCUT2D eigenvalue weighted by Crippen LogP contribution is -2.23. The zero-order chi connectivity index (χ0) is 19.6. The Morgan fingerprint density at radius 3 is 2.52 bits per heavy atom. The van der Waals surface area contributed by atoms with E-state index in [0.29, 0.717) is 5.16 Å². The number of amides is 1. The Kier molecular flexibility index (Phi) is 5.60. The summed E-state index contributed by atoms with van der Waals surface area (Å²) in [5.74, 6) is -1.89. The standard InChI is InChI=1S/C20H19F2N3OS/c1-12-8-13(2)10-16(9-12)25-7-6-23-20(25)27-14(3)19(26)24-18-5-4-15(21)11-17(18)22/h4-11,14H,1-3H3,(H,24,26)/t14-/m1/s1. The minimum absolute atomic E-state index is 0.0495. The second kappa shape index (κ2) is 7.92. The number of halogens is 2. The Labute approximate surface area is 160 Å². The Balaban J connectivity index is 1.75. The van der Waals surface area contributed by atoms with E-state index in [1.54, 1.807) is 13.1 Å². The molecule has 7 heteroatoms. The van der Waals surface area contributed by atoms with Crippen LogP contribution in [0, 0.1) is 25.5 Å². The molecule has 0 aliphatic heterocycles. The molecule has 0 aliphatic carbocycles. The summed E-state index contributed by atoms with van der Waals surface area (Å²) in [6, 6.07) is 9.20. The maximum Gasteiger partial charge on any atom is 0.237 e. The molecule has 1 atom stereocenters. The van der Waals surface area contributed by atoms with Gasteiger partial charge in [0.25, 0.3) is 0 Å². The SMILES string of the molecule is Cc1cc(C)cc(-n2ccnc2S[C@H](C)C(=O)Nc2ccc(F)cc2F)c1. The van der Waals surface area contributed by atoms with Gasteiger partial charge in [0.2, 0.25) is 5.91 Å². The van der Waals surface area contributed by atoms with Gasteiger partial charge in [-0.25, -0.2) is 13.8 Å². The number of rotatable bonds is 5. The molecule has 0 saturated heterocycles. The molecule has 3 rings (SSSR count). The molecule has 4 nitrogen and oxygen atoms in total. The predicted molar refractivity (Wildman–Crippen MR) is 103 cm³/mol. The largest absolute Gasteiger partial charge is 0.323 e. The van der Waals surface area contributed by atoms with Gasteiger partial charge < -0.3 is 5.32 Å². The van der Waals surface area contributed by atoms with Crippen LogP contribution < -0.4 is 5.32 Å². The molecule has 1 N–H and O–H groups in total. The van der Waals surface area contributed by atoms with Crippen molar-refractivity contribution in [2.45, 2.75) is 31.2 Å². The average molecular weight is 387 g/mol. The summed E-state index contributed by atoms with van der Waals surface area (Å²) in [7, 11) is 0. The van der Waals surface area contributed by atoms with Crippen molar-refractivity contribution in [3.8, 4) is 5.69 Å². The Morgan fingerprint density at radius 2 is 1.85 bits per heavy atom. The second-order valence-electron chi connectivity index (χ2n) is 6.30. The van der Waals surface area contributed by atoms with Gasteiger partial charge in [-0.3, -0.25) is 9.36 Å². The fourth-order valence-electron chi connectivity index (χ4n) is 2.70. The van der Waals surface area contributed by atoms with Gasteiger partial charge in [0.05, 0.1) is 10.9 Å². The number of aromatic nitrogens is 2. The first kappa shape index (κ1) is 19.1. The molecule has 0 fully saturated rings. The molecule has 2 aromatic carbocycles. The summed E-state index contributed by atoms with van der Waals surface area (Å²) >= 11 is 1.26. The van der Waals surface area contributed by atoms with Crippen molar-refractivity contribution in [2.75, 3.05) is 5.32 Å². The minimum Gasteiger partial charge on any atom is -0.323 e. The van der Waals surface area contributed by atoms with E-state index in [1.807, 2.05) is 36.7 Å². The van der Waals surface area contributed by atoms with Gasteiger partial charge in [-0.1, -0.05) is 17.8 Å². The van der Waals surface area contributed by atoms with Crippen molar-refractivity contribution in [3.63, 3.8) is 0 Å². The number of hydrogen-bond acceptors (Lipinski definition) is 3. The molecule has 0 aliphatic rings. The number of nitrogens with zero attached hydrogens (tertiary/aromatic N) is 2. The molecule has 1 heterocycles. The van der Waals surface area contributed by atoms with Crippen LogP contribution in [0.1, 0.15) is 18.1 Å². The first-order chi connectivity index (χ1) is 12.8. The van der Waals surface area contributed by atoms with Crippen LogP contribution in [-0.2, 0) is 4.79 Å². The molecule has 3 aromatic rings. The van der Waals surface area contributed by atoms with Gasteiger partial charge in [0, 0.05) is 24.1 Å². The van der Waals surface area contributed by atoms with E-state index >= 15 is 0 Å². The molecule has 0 unspecified atom stereocenters. The van der Waals surface area contributed by atoms with Crippen LogP contribution in [-0.4, -0.2) is 20.7 Å². The maximum atomic E-state index is 13.7. The Bertz CT molecular complexity index is 967. The van der Waals surface area contributed by atoms with Crippen LogP contribution in [0.15, 0.2) is 53.9 Å². The van der Waals surface area contributed by atoms with Crippen LogP contribution in [0.3, 0.4) is 0 Å². The lowest BCUT2D eigenvalue weighted by Gasteiger charge is -2.14. The van der Waals surface area contributed by atoms with Crippen molar-refractivity contribution in [3.05, 3.63) is 71.6 Å². The van der Waals surface area contributed by atoms with E-state index in [2.05, 4.69) is 16.4 Å². The van der Waals surface area contributed by atoms with E-state index in [-0.39, 0.29) is 11.6 Å². The van der Waals surface area contributed by atoms with E-state index in [0.717, 1.165) is 28.9 Å². The lowest BCUT2D eigenvalue weighted by molar-refractivity contribution is -0.115. The summed E-state index contributed by atoms with van der Waals surface area (Å²) < 4.78 is 28.6. The number of thioether (sulfide) groups is 1. The maximum absolute atomic E-state index is 13.7. The number of carbonyl (C=O) groups excluding carboxylic acids is 1. The predicted octanol–water partition coefficient (Wildman–Crippen LogP) is 4.89. The van der Waals surface area contributed by atoms with Crippen LogP contribution in [0.25, 0.3) is 5.69 Å². The first-order valence-corrected chi connectivity index (χ1v) is 9.26. The fourth-order valence-corrected chi connectivity index (χ4v) is 3.58. The summed E-state index contributed by atoms with van der Waals surface area (Å²) in [5.41, 5.74) is 3.18. The summed E-state index contributed by atoms with van der Waals surface area (Å²) in [4.78, 5) is 16.7. The molecule has 27 heavy (non-hydrogen) atoms. The third kappa shape index (κ3) is 4.54. The normalized spacial score (nSPS) is 12.0. The van der Waals surface area contributed by atoms with Gasteiger partial charge >= 0.3 is 0 Å². The quantitative estimate of drug-likeness (QED) is 0.634.